The molecular formula is C15H20N2O4. The van der Waals surface area contributed by atoms with Crippen LogP contribution in [0, 0.1) is 0 Å². The SMILES string of the molecule is COCc1ccc(C(=O)NCC(c2ccco2)N(C)C)o1. The molecule has 2 aromatic rings. The van der Waals surface area contributed by atoms with Crippen LogP contribution in [-0.2, 0) is 11.3 Å². The third kappa shape index (κ3) is 3.96. The molecule has 2 aromatic heterocycles. The van der Waals surface area contributed by atoms with Gasteiger partial charge in [-0.2, -0.15) is 0 Å². The van der Waals surface area contributed by atoms with Crippen molar-refractivity contribution in [2.24, 2.45) is 0 Å². The predicted molar refractivity (Wildman–Crippen MR) is 76.9 cm³/mol. The maximum atomic E-state index is 12.1. The van der Waals surface area contributed by atoms with Crippen LogP contribution >= 0.6 is 0 Å². The van der Waals surface area contributed by atoms with Crippen molar-refractivity contribution in [3.63, 3.8) is 0 Å². The summed E-state index contributed by atoms with van der Waals surface area (Å²) in [6.07, 6.45) is 1.62. The second-order valence-corrected chi connectivity index (χ2v) is 4.90. The zero-order chi connectivity index (χ0) is 15.2. The van der Waals surface area contributed by atoms with E-state index in [1.807, 2.05) is 31.1 Å². The number of carbonyl (C=O) groups is 1. The van der Waals surface area contributed by atoms with Crippen LogP contribution in [0.4, 0.5) is 0 Å². The quantitative estimate of drug-likeness (QED) is 0.846. The number of carbonyl (C=O) groups excluding carboxylic acids is 1. The Labute approximate surface area is 123 Å². The molecule has 2 rings (SSSR count). The summed E-state index contributed by atoms with van der Waals surface area (Å²) >= 11 is 0. The fraction of sp³-hybridized carbons (Fsp3) is 0.400. The van der Waals surface area contributed by atoms with Gasteiger partial charge in [0.2, 0.25) is 0 Å². The lowest BCUT2D eigenvalue weighted by atomic mass is 10.2. The van der Waals surface area contributed by atoms with E-state index in [-0.39, 0.29) is 17.7 Å². The molecule has 0 saturated carbocycles. The van der Waals surface area contributed by atoms with Crippen LogP contribution < -0.4 is 5.32 Å². The van der Waals surface area contributed by atoms with Crippen molar-refractivity contribution in [2.45, 2.75) is 12.6 Å². The molecule has 0 aromatic carbocycles. The van der Waals surface area contributed by atoms with Gasteiger partial charge in [-0.15, -0.1) is 0 Å². The molecule has 0 aliphatic rings. The lowest BCUT2D eigenvalue weighted by Gasteiger charge is -2.22. The van der Waals surface area contributed by atoms with E-state index in [2.05, 4.69) is 5.32 Å². The standard InChI is InChI=1S/C15H20N2O4/c1-17(2)12(13-5-4-8-20-13)9-16-15(18)14-7-6-11(21-14)10-19-3/h4-8,12H,9-10H2,1-3H3,(H,16,18). The minimum absolute atomic E-state index is 0.0302. The molecule has 0 bridgehead atoms. The van der Waals surface area contributed by atoms with Crippen molar-refractivity contribution in [2.75, 3.05) is 27.7 Å². The fourth-order valence-electron chi connectivity index (χ4n) is 2.01. The highest BCUT2D eigenvalue weighted by Crippen LogP contribution is 2.18. The summed E-state index contributed by atoms with van der Waals surface area (Å²) in [7, 11) is 5.44. The van der Waals surface area contributed by atoms with Gasteiger partial charge in [-0.3, -0.25) is 9.69 Å². The van der Waals surface area contributed by atoms with Gasteiger partial charge in [0.1, 0.15) is 18.1 Å². The number of hydrogen-bond donors (Lipinski definition) is 1. The highest BCUT2D eigenvalue weighted by molar-refractivity contribution is 5.91. The van der Waals surface area contributed by atoms with Gasteiger partial charge in [0.05, 0.1) is 12.3 Å². The maximum Gasteiger partial charge on any atom is 0.287 e. The normalized spacial score (nSPS) is 12.6. The Morgan fingerprint density at radius 3 is 2.81 bits per heavy atom. The van der Waals surface area contributed by atoms with E-state index in [0.29, 0.717) is 18.9 Å². The smallest absolute Gasteiger partial charge is 0.287 e. The zero-order valence-electron chi connectivity index (χ0n) is 12.5. The largest absolute Gasteiger partial charge is 0.468 e. The lowest BCUT2D eigenvalue weighted by Crippen LogP contribution is -2.34. The first-order valence-electron chi connectivity index (χ1n) is 6.67. The molecule has 1 amide bonds. The molecule has 1 N–H and O–H groups in total. The van der Waals surface area contributed by atoms with Crippen LogP contribution in [0.25, 0.3) is 0 Å². The summed E-state index contributed by atoms with van der Waals surface area (Å²) in [6, 6.07) is 7.06. The Balaban J connectivity index is 1.95. The lowest BCUT2D eigenvalue weighted by molar-refractivity contribution is 0.0902. The van der Waals surface area contributed by atoms with E-state index in [4.69, 9.17) is 13.6 Å². The van der Waals surface area contributed by atoms with E-state index in [0.717, 1.165) is 5.76 Å². The number of furan rings is 2. The van der Waals surface area contributed by atoms with Gasteiger partial charge < -0.3 is 18.9 Å². The monoisotopic (exact) mass is 292 g/mol. The molecule has 2 heterocycles. The van der Waals surface area contributed by atoms with Crippen molar-refractivity contribution in [3.8, 4) is 0 Å². The number of likely N-dealkylation sites (N-methyl/N-ethyl adjacent to an activating group) is 1. The molecule has 0 fully saturated rings. The molecule has 21 heavy (non-hydrogen) atoms. The molecule has 114 valence electrons. The van der Waals surface area contributed by atoms with E-state index in [1.54, 1.807) is 25.5 Å². The van der Waals surface area contributed by atoms with Gasteiger partial charge in [-0.1, -0.05) is 0 Å². The van der Waals surface area contributed by atoms with Gasteiger partial charge >= 0.3 is 0 Å². The first kappa shape index (κ1) is 15.3. The van der Waals surface area contributed by atoms with Crippen LogP contribution in [0.15, 0.2) is 39.4 Å². The minimum atomic E-state index is -0.254. The summed E-state index contributed by atoms with van der Waals surface area (Å²) in [6.45, 7) is 0.777. The summed E-state index contributed by atoms with van der Waals surface area (Å²) in [5.74, 6) is 1.45. The van der Waals surface area contributed by atoms with Crippen molar-refractivity contribution >= 4 is 5.91 Å². The summed E-state index contributed by atoms with van der Waals surface area (Å²) in [5, 5.41) is 2.85. The van der Waals surface area contributed by atoms with Crippen molar-refractivity contribution in [1.82, 2.24) is 10.2 Å². The Morgan fingerprint density at radius 1 is 1.38 bits per heavy atom. The number of ether oxygens (including phenoxy) is 1. The molecule has 0 radical (unpaired) electrons. The Hall–Kier alpha value is -2.05. The topological polar surface area (TPSA) is 67.8 Å². The number of methoxy groups -OCH3 is 1. The summed E-state index contributed by atoms with van der Waals surface area (Å²) in [5.41, 5.74) is 0. The van der Waals surface area contributed by atoms with E-state index in [1.165, 1.54) is 0 Å². The molecular weight excluding hydrogens is 272 g/mol. The van der Waals surface area contributed by atoms with Crippen LogP contribution in [0.2, 0.25) is 0 Å². The van der Waals surface area contributed by atoms with Crippen molar-refractivity contribution < 1.29 is 18.4 Å². The van der Waals surface area contributed by atoms with E-state index >= 15 is 0 Å². The van der Waals surface area contributed by atoms with Gasteiger partial charge in [-0.05, 0) is 38.4 Å². The second kappa shape index (κ2) is 7.10. The molecule has 0 spiro atoms. The third-order valence-electron chi connectivity index (χ3n) is 3.12. The predicted octanol–water partition coefficient (Wildman–Crippen LogP) is 2.05. The second-order valence-electron chi connectivity index (χ2n) is 4.90. The van der Waals surface area contributed by atoms with Crippen molar-refractivity contribution in [1.29, 1.82) is 0 Å². The molecule has 0 aliphatic heterocycles. The fourth-order valence-corrected chi connectivity index (χ4v) is 2.01. The minimum Gasteiger partial charge on any atom is -0.468 e. The van der Waals surface area contributed by atoms with Gasteiger partial charge in [-0.25, -0.2) is 0 Å². The van der Waals surface area contributed by atoms with Crippen LogP contribution in [-0.4, -0.2) is 38.6 Å². The van der Waals surface area contributed by atoms with Gasteiger partial charge in [0.25, 0.3) is 5.91 Å². The molecule has 1 unspecified atom stereocenters. The Kier molecular flexibility index (Phi) is 5.19. The molecule has 1 atom stereocenters. The first-order chi connectivity index (χ1) is 10.1. The number of rotatable bonds is 7. The Morgan fingerprint density at radius 2 is 2.19 bits per heavy atom. The third-order valence-corrected chi connectivity index (χ3v) is 3.12. The molecule has 0 aliphatic carbocycles. The van der Waals surface area contributed by atoms with Crippen molar-refractivity contribution in [3.05, 3.63) is 47.8 Å². The van der Waals surface area contributed by atoms with Gasteiger partial charge in [0.15, 0.2) is 5.76 Å². The van der Waals surface area contributed by atoms with E-state index in [9.17, 15) is 4.79 Å². The number of nitrogens with zero attached hydrogens (tertiary/aromatic N) is 1. The molecule has 0 saturated heterocycles. The molecule has 6 nitrogen and oxygen atoms in total. The Bertz CT molecular complexity index is 560. The average Bonchev–Trinajstić information content (AvgIpc) is 3.10. The van der Waals surface area contributed by atoms with Crippen LogP contribution in [0.1, 0.15) is 28.1 Å². The number of hydrogen-bond acceptors (Lipinski definition) is 5. The van der Waals surface area contributed by atoms with Crippen LogP contribution in [0.5, 0.6) is 0 Å². The summed E-state index contributed by atoms with van der Waals surface area (Å²) < 4.78 is 15.7. The van der Waals surface area contributed by atoms with Crippen LogP contribution in [0.3, 0.4) is 0 Å². The van der Waals surface area contributed by atoms with Gasteiger partial charge in [0, 0.05) is 13.7 Å². The maximum absolute atomic E-state index is 12.1. The van der Waals surface area contributed by atoms with E-state index < -0.39 is 0 Å². The zero-order valence-corrected chi connectivity index (χ0v) is 12.5. The highest BCUT2D eigenvalue weighted by atomic mass is 16.5. The molecule has 6 heteroatoms. The number of nitrogens with one attached hydrogen (secondary N) is 1. The number of amides is 1. The summed E-state index contributed by atoms with van der Waals surface area (Å²) in [4.78, 5) is 14.0. The first-order valence-corrected chi connectivity index (χ1v) is 6.67. The highest BCUT2D eigenvalue weighted by Gasteiger charge is 2.19. The average molecular weight is 292 g/mol.